The maximum Gasteiger partial charge on any atom is 0.251 e. The number of carbonyl (C=O) groups excluding carboxylic acids is 2. The van der Waals surface area contributed by atoms with Crippen molar-refractivity contribution in [1.82, 2.24) is 10.6 Å². The second-order valence-electron chi connectivity index (χ2n) is 5.66. The summed E-state index contributed by atoms with van der Waals surface area (Å²) in [7, 11) is 0. The number of aliphatic hydroxyl groups excluding tert-OH is 1. The number of aliphatic hydroxyl groups is 1. The fourth-order valence-electron chi connectivity index (χ4n) is 2.60. The number of carbonyl (C=O) groups is 2. The number of hydrogen-bond donors (Lipinski definition) is 4. The van der Waals surface area contributed by atoms with Crippen molar-refractivity contribution >= 4 is 41.7 Å². The summed E-state index contributed by atoms with van der Waals surface area (Å²) in [6.45, 7) is 3.56. The minimum Gasteiger partial charge on any atom is -0.391 e. The molecule has 6 nitrogen and oxygen atoms in total. The highest BCUT2D eigenvalue weighted by molar-refractivity contribution is 8.00. The fraction of sp³-hybridized carbons (Fsp3) is 0.467. The van der Waals surface area contributed by atoms with Crippen LogP contribution in [0.15, 0.2) is 23.1 Å². The van der Waals surface area contributed by atoms with Crippen molar-refractivity contribution in [3.8, 4) is 0 Å². The van der Waals surface area contributed by atoms with Crippen LogP contribution in [0.4, 0.5) is 5.69 Å². The Labute approximate surface area is 145 Å². The molecular formula is C15H20ClN3O3S. The third-order valence-electron chi connectivity index (χ3n) is 4.00. The Morgan fingerprint density at radius 2 is 2.22 bits per heavy atom. The van der Waals surface area contributed by atoms with E-state index in [1.807, 2.05) is 13.0 Å². The average molecular weight is 358 g/mol. The minimum atomic E-state index is -0.416. The molecule has 0 saturated carbocycles. The number of halogens is 1. The number of benzene rings is 1. The van der Waals surface area contributed by atoms with E-state index >= 15 is 0 Å². The second kappa shape index (κ2) is 7.53. The van der Waals surface area contributed by atoms with Crippen molar-refractivity contribution < 1.29 is 14.7 Å². The largest absolute Gasteiger partial charge is 0.391 e. The maximum absolute atomic E-state index is 12.2. The summed E-state index contributed by atoms with van der Waals surface area (Å²) >= 11 is 1.49. The van der Waals surface area contributed by atoms with Crippen molar-refractivity contribution in [3.63, 3.8) is 0 Å². The number of nitrogens with one attached hydrogen (secondary N) is 3. The van der Waals surface area contributed by atoms with Crippen LogP contribution in [0.3, 0.4) is 0 Å². The fourth-order valence-corrected chi connectivity index (χ4v) is 3.53. The van der Waals surface area contributed by atoms with Gasteiger partial charge in [-0.15, -0.1) is 24.2 Å². The Morgan fingerprint density at radius 1 is 1.43 bits per heavy atom. The number of fused-ring (bicyclic) bond motifs is 1. The van der Waals surface area contributed by atoms with E-state index in [-0.39, 0.29) is 35.4 Å². The van der Waals surface area contributed by atoms with E-state index in [9.17, 15) is 14.7 Å². The zero-order valence-corrected chi connectivity index (χ0v) is 14.3. The van der Waals surface area contributed by atoms with Crippen molar-refractivity contribution in [2.75, 3.05) is 25.0 Å². The van der Waals surface area contributed by atoms with Gasteiger partial charge < -0.3 is 21.1 Å². The van der Waals surface area contributed by atoms with Crippen LogP contribution in [0.1, 0.15) is 17.3 Å². The highest BCUT2D eigenvalue weighted by Gasteiger charge is 2.26. The van der Waals surface area contributed by atoms with Crippen LogP contribution < -0.4 is 16.0 Å². The van der Waals surface area contributed by atoms with Gasteiger partial charge in [0.05, 0.1) is 17.0 Å². The topological polar surface area (TPSA) is 90.5 Å². The molecule has 8 heteroatoms. The van der Waals surface area contributed by atoms with Gasteiger partial charge in [0.1, 0.15) is 0 Å². The molecule has 1 fully saturated rings. The maximum atomic E-state index is 12.2. The highest BCUT2D eigenvalue weighted by Crippen LogP contribution is 2.35. The average Bonchev–Trinajstić information content (AvgIpc) is 2.91. The summed E-state index contributed by atoms with van der Waals surface area (Å²) in [6, 6.07) is 5.32. The van der Waals surface area contributed by atoms with Crippen LogP contribution >= 0.6 is 24.2 Å². The van der Waals surface area contributed by atoms with Crippen molar-refractivity contribution in [2.24, 2.45) is 5.92 Å². The minimum absolute atomic E-state index is 0. The summed E-state index contributed by atoms with van der Waals surface area (Å²) in [4.78, 5) is 24.9. The Hall–Kier alpha value is -1.28. The lowest BCUT2D eigenvalue weighted by molar-refractivity contribution is -0.115. The summed E-state index contributed by atoms with van der Waals surface area (Å²) in [5, 5.41) is 18.3. The summed E-state index contributed by atoms with van der Waals surface area (Å²) in [5.41, 5.74) is 1.19. The number of anilines is 1. The van der Waals surface area contributed by atoms with Gasteiger partial charge in [0.2, 0.25) is 5.91 Å². The Kier molecular flexibility index (Phi) is 5.91. The molecule has 2 amide bonds. The number of thioether (sulfide) groups is 1. The van der Waals surface area contributed by atoms with Gasteiger partial charge in [0.25, 0.3) is 5.91 Å². The number of β-amino-alcohol motifs (C(OH)–C–C–N with tert-alkyl or cyclic N) is 1. The molecule has 0 radical (unpaired) electrons. The molecule has 4 N–H and O–H groups in total. The molecule has 3 rings (SSSR count). The lowest BCUT2D eigenvalue weighted by Crippen LogP contribution is -2.34. The van der Waals surface area contributed by atoms with Gasteiger partial charge in [-0.1, -0.05) is 0 Å². The van der Waals surface area contributed by atoms with Crippen LogP contribution in [0.2, 0.25) is 0 Å². The molecule has 0 aromatic heterocycles. The first-order valence-corrected chi connectivity index (χ1v) is 8.21. The third-order valence-corrected chi connectivity index (χ3v) is 5.18. The van der Waals surface area contributed by atoms with Gasteiger partial charge in [0, 0.05) is 36.0 Å². The van der Waals surface area contributed by atoms with Crippen LogP contribution in [-0.4, -0.2) is 47.9 Å². The van der Waals surface area contributed by atoms with Gasteiger partial charge in [-0.2, -0.15) is 0 Å². The molecule has 2 aliphatic heterocycles. The Balaban J connectivity index is 0.00000192. The number of rotatable bonds is 3. The molecule has 126 valence electrons. The summed E-state index contributed by atoms with van der Waals surface area (Å²) in [6.07, 6.45) is -0.416. The molecule has 1 aromatic carbocycles. The third kappa shape index (κ3) is 3.98. The van der Waals surface area contributed by atoms with Gasteiger partial charge in [-0.3, -0.25) is 9.59 Å². The molecule has 1 aromatic rings. The van der Waals surface area contributed by atoms with Crippen LogP contribution in [0.5, 0.6) is 0 Å². The lowest BCUT2D eigenvalue weighted by atomic mass is 10.1. The molecule has 0 spiro atoms. The molecular weight excluding hydrogens is 338 g/mol. The number of hydrogen-bond acceptors (Lipinski definition) is 5. The van der Waals surface area contributed by atoms with Crippen molar-refractivity contribution in [3.05, 3.63) is 23.8 Å². The van der Waals surface area contributed by atoms with E-state index in [0.717, 1.165) is 4.90 Å². The Bertz CT molecular complexity index is 614. The van der Waals surface area contributed by atoms with E-state index < -0.39 is 6.10 Å². The second-order valence-corrected chi connectivity index (χ2v) is 7.04. The molecule has 2 heterocycles. The first-order chi connectivity index (χ1) is 10.5. The lowest BCUT2D eigenvalue weighted by Gasteiger charge is -2.22. The van der Waals surface area contributed by atoms with Crippen molar-refractivity contribution in [1.29, 1.82) is 0 Å². The molecule has 3 unspecified atom stereocenters. The smallest absolute Gasteiger partial charge is 0.251 e. The van der Waals surface area contributed by atoms with Crippen LogP contribution in [0.25, 0.3) is 0 Å². The van der Waals surface area contributed by atoms with E-state index in [4.69, 9.17) is 0 Å². The highest BCUT2D eigenvalue weighted by atomic mass is 35.5. The summed E-state index contributed by atoms with van der Waals surface area (Å²) < 4.78 is 0. The molecule has 0 bridgehead atoms. The Morgan fingerprint density at radius 3 is 2.91 bits per heavy atom. The molecule has 0 aliphatic carbocycles. The SMILES string of the molecule is CC1Sc2ccc(C(=O)NCC3CNCC3O)cc2NC1=O.Cl. The normalized spacial score (nSPS) is 26.0. The molecule has 23 heavy (non-hydrogen) atoms. The zero-order valence-electron chi connectivity index (χ0n) is 12.7. The van der Waals surface area contributed by atoms with Gasteiger partial charge in [-0.25, -0.2) is 0 Å². The monoisotopic (exact) mass is 357 g/mol. The van der Waals surface area contributed by atoms with Gasteiger partial charge in [0.15, 0.2) is 0 Å². The molecule has 1 saturated heterocycles. The van der Waals surface area contributed by atoms with Crippen LogP contribution in [-0.2, 0) is 4.79 Å². The molecule has 2 aliphatic rings. The van der Waals surface area contributed by atoms with Crippen molar-refractivity contribution in [2.45, 2.75) is 23.2 Å². The van der Waals surface area contributed by atoms with Gasteiger partial charge >= 0.3 is 0 Å². The van der Waals surface area contributed by atoms with Gasteiger partial charge in [-0.05, 0) is 25.1 Å². The van der Waals surface area contributed by atoms with E-state index in [1.165, 1.54) is 11.8 Å². The summed E-state index contributed by atoms with van der Waals surface area (Å²) in [5.74, 6) is -0.201. The standard InChI is InChI=1S/C15H19N3O3S.ClH/c1-8-14(20)18-11-4-9(2-3-13(11)22-8)15(21)17-6-10-5-16-7-12(10)19;/h2-4,8,10,12,16,19H,5-7H2,1H3,(H,17,21)(H,18,20);1H. The van der Waals surface area contributed by atoms with E-state index in [2.05, 4.69) is 16.0 Å². The van der Waals surface area contributed by atoms with Crippen LogP contribution in [0, 0.1) is 5.92 Å². The first kappa shape index (κ1) is 18.1. The van der Waals surface area contributed by atoms with E-state index in [0.29, 0.717) is 30.9 Å². The number of amides is 2. The zero-order chi connectivity index (χ0) is 15.7. The molecule has 3 atom stereocenters. The predicted octanol–water partition coefficient (Wildman–Crippen LogP) is 0.851. The predicted molar refractivity (Wildman–Crippen MR) is 92.3 cm³/mol. The first-order valence-electron chi connectivity index (χ1n) is 7.33. The van der Waals surface area contributed by atoms with E-state index in [1.54, 1.807) is 12.1 Å². The quantitative estimate of drug-likeness (QED) is 0.644.